The number of morpholine rings is 1. The number of nitrogens with zero attached hydrogens (tertiary/aromatic N) is 5. The molecule has 4 rings (SSSR count). The van der Waals surface area contributed by atoms with Gasteiger partial charge < -0.3 is 14.5 Å². The van der Waals surface area contributed by atoms with Crippen LogP contribution in [0.4, 0.5) is 10.6 Å². The van der Waals surface area contributed by atoms with E-state index >= 15 is 0 Å². The average molecular weight is 425 g/mol. The number of aromatic nitrogens is 4. The monoisotopic (exact) mass is 425 g/mol. The summed E-state index contributed by atoms with van der Waals surface area (Å²) in [6.45, 7) is 10.3. The number of furan rings is 1. The number of rotatable bonds is 6. The van der Waals surface area contributed by atoms with E-state index in [-0.39, 0.29) is 6.03 Å². The van der Waals surface area contributed by atoms with Crippen LogP contribution in [0.5, 0.6) is 0 Å². The number of hydrogen-bond acceptors (Lipinski definition) is 7. The van der Waals surface area contributed by atoms with Crippen molar-refractivity contribution >= 4 is 11.8 Å². The quantitative estimate of drug-likeness (QED) is 0.623. The zero-order valence-corrected chi connectivity index (χ0v) is 18.0. The van der Waals surface area contributed by atoms with E-state index in [4.69, 9.17) is 9.15 Å². The highest BCUT2D eigenvalue weighted by Gasteiger charge is 2.15. The standard InChI is InChI=1S/C21H27N7O3/c1-14-12-15(2)28(26-14)19-13-18(23-20(25-19)17-5-4-16(3)31-17)24-21(29)22-6-7-27-8-10-30-11-9-27/h4-5,12-13H,6-11H2,1-3H3,(H2,22,23,24,25,29). The molecule has 0 spiro atoms. The SMILES string of the molecule is Cc1cc(C)n(-c2cc(NC(=O)NCCN3CCOCC3)nc(-c3ccc(C)o3)n2)n1. The maximum atomic E-state index is 12.5. The van der Waals surface area contributed by atoms with Crippen LogP contribution in [0.2, 0.25) is 0 Å². The van der Waals surface area contributed by atoms with Crippen LogP contribution >= 0.6 is 0 Å². The summed E-state index contributed by atoms with van der Waals surface area (Å²) in [4.78, 5) is 23.8. The van der Waals surface area contributed by atoms with Gasteiger partial charge in [-0.2, -0.15) is 5.10 Å². The van der Waals surface area contributed by atoms with E-state index in [1.807, 2.05) is 39.0 Å². The lowest BCUT2D eigenvalue weighted by Crippen LogP contribution is -2.42. The largest absolute Gasteiger partial charge is 0.458 e. The predicted molar refractivity (Wildman–Crippen MR) is 115 cm³/mol. The molecule has 0 aliphatic carbocycles. The number of carbonyl (C=O) groups is 1. The number of amides is 2. The number of urea groups is 1. The molecule has 0 unspecified atom stereocenters. The lowest BCUT2D eigenvalue weighted by molar-refractivity contribution is 0.0388. The van der Waals surface area contributed by atoms with Crippen molar-refractivity contribution in [1.29, 1.82) is 0 Å². The van der Waals surface area contributed by atoms with Gasteiger partial charge in [0.2, 0.25) is 0 Å². The highest BCUT2D eigenvalue weighted by atomic mass is 16.5. The number of aryl methyl sites for hydroxylation is 3. The van der Waals surface area contributed by atoms with Crippen molar-refractivity contribution in [1.82, 2.24) is 30.0 Å². The van der Waals surface area contributed by atoms with Gasteiger partial charge in [-0.05, 0) is 39.0 Å². The van der Waals surface area contributed by atoms with Crippen LogP contribution < -0.4 is 10.6 Å². The topological polar surface area (TPSA) is 110 Å². The number of anilines is 1. The molecule has 1 aliphatic rings. The molecule has 10 nitrogen and oxygen atoms in total. The Morgan fingerprint density at radius 1 is 1.13 bits per heavy atom. The van der Waals surface area contributed by atoms with Crippen LogP contribution in [0, 0.1) is 20.8 Å². The molecule has 0 saturated carbocycles. The van der Waals surface area contributed by atoms with Gasteiger partial charge in [0.15, 0.2) is 17.4 Å². The van der Waals surface area contributed by atoms with Gasteiger partial charge in [0.05, 0.1) is 18.9 Å². The molecule has 3 aromatic heterocycles. The first-order chi connectivity index (χ1) is 15.0. The number of carbonyl (C=O) groups excluding carboxylic acids is 1. The van der Waals surface area contributed by atoms with Crippen molar-refractivity contribution < 1.29 is 13.9 Å². The normalized spacial score (nSPS) is 14.5. The van der Waals surface area contributed by atoms with Gasteiger partial charge in [-0.25, -0.2) is 19.4 Å². The third kappa shape index (κ3) is 5.28. The minimum atomic E-state index is -0.326. The van der Waals surface area contributed by atoms with Crippen LogP contribution in [0.15, 0.2) is 28.7 Å². The zero-order valence-electron chi connectivity index (χ0n) is 18.0. The molecule has 0 bridgehead atoms. The molecule has 0 aromatic carbocycles. The van der Waals surface area contributed by atoms with E-state index in [9.17, 15) is 4.79 Å². The van der Waals surface area contributed by atoms with Crippen molar-refractivity contribution in [3.63, 3.8) is 0 Å². The van der Waals surface area contributed by atoms with Crippen LogP contribution in [0.1, 0.15) is 17.1 Å². The van der Waals surface area contributed by atoms with Crippen LogP contribution in [-0.4, -0.2) is 70.1 Å². The van der Waals surface area contributed by atoms with Crippen LogP contribution in [-0.2, 0) is 4.74 Å². The molecule has 1 aliphatic heterocycles. The molecule has 10 heteroatoms. The fraction of sp³-hybridized carbons (Fsp3) is 0.429. The molecule has 164 valence electrons. The smallest absolute Gasteiger partial charge is 0.320 e. The van der Waals surface area contributed by atoms with Crippen molar-refractivity contribution in [3.8, 4) is 17.4 Å². The second-order valence-electron chi connectivity index (χ2n) is 7.52. The maximum absolute atomic E-state index is 12.5. The van der Waals surface area contributed by atoms with Crippen molar-refractivity contribution in [3.05, 3.63) is 41.4 Å². The summed E-state index contributed by atoms with van der Waals surface area (Å²) >= 11 is 0. The van der Waals surface area contributed by atoms with Crippen LogP contribution in [0.25, 0.3) is 17.4 Å². The molecule has 0 radical (unpaired) electrons. The van der Waals surface area contributed by atoms with Gasteiger partial charge in [-0.3, -0.25) is 10.2 Å². The third-order valence-corrected chi connectivity index (χ3v) is 4.96. The fourth-order valence-corrected chi connectivity index (χ4v) is 3.45. The van der Waals surface area contributed by atoms with Gasteiger partial charge in [0, 0.05) is 37.9 Å². The molecule has 0 atom stereocenters. The highest BCUT2D eigenvalue weighted by molar-refractivity contribution is 5.88. The number of nitrogens with one attached hydrogen (secondary N) is 2. The van der Waals surface area contributed by atoms with Crippen LogP contribution in [0.3, 0.4) is 0 Å². The Morgan fingerprint density at radius 3 is 2.61 bits per heavy atom. The van der Waals surface area contributed by atoms with Crippen molar-refractivity contribution in [2.75, 3.05) is 44.7 Å². The van der Waals surface area contributed by atoms with Gasteiger partial charge >= 0.3 is 6.03 Å². The fourth-order valence-electron chi connectivity index (χ4n) is 3.45. The van der Waals surface area contributed by atoms with Crippen molar-refractivity contribution in [2.45, 2.75) is 20.8 Å². The van der Waals surface area contributed by atoms with E-state index in [2.05, 4.69) is 30.6 Å². The summed E-state index contributed by atoms with van der Waals surface area (Å²) in [5.41, 5.74) is 1.81. The lowest BCUT2D eigenvalue weighted by atomic mass is 10.3. The number of hydrogen-bond donors (Lipinski definition) is 2. The Hall–Kier alpha value is -3.24. The molecule has 2 N–H and O–H groups in total. The molecule has 1 fully saturated rings. The Kier molecular flexibility index (Phi) is 6.28. The Balaban J connectivity index is 1.51. The molecule has 3 aromatic rings. The second kappa shape index (κ2) is 9.27. The summed E-state index contributed by atoms with van der Waals surface area (Å²) in [5.74, 6) is 2.57. The van der Waals surface area contributed by atoms with E-state index in [0.29, 0.717) is 29.8 Å². The summed E-state index contributed by atoms with van der Waals surface area (Å²) in [7, 11) is 0. The number of ether oxygens (including phenoxy) is 1. The molecule has 4 heterocycles. The van der Waals surface area contributed by atoms with E-state index < -0.39 is 0 Å². The molecular formula is C21H27N7O3. The summed E-state index contributed by atoms with van der Waals surface area (Å²) in [6, 6.07) is 6.99. The summed E-state index contributed by atoms with van der Waals surface area (Å²) < 4.78 is 12.8. The maximum Gasteiger partial charge on any atom is 0.320 e. The highest BCUT2D eigenvalue weighted by Crippen LogP contribution is 2.22. The Bertz CT molecular complexity index is 1050. The molecule has 31 heavy (non-hydrogen) atoms. The van der Waals surface area contributed by atoms with E-state index in [0.717, 1.165) is 50.0 Å². The minimum absolute atomic E-state index is 0.326. The summed E-state index contributed by atoms with van der Waals surface area (Å²) in [5, 5.41) is 10.2. The van der Waals surface area contributed by atoms with Gasteiger partial charge in [-0.15, -0.1) is 0 Å². The minimum Gasteiger partial charge on any atom is -0.458 e. The van der Waals surface area contributed by atoms with Gasteiger partial charge in [-0.1, -0.05) is 0 Å². The molecule has 2 amide bonds. The average Bonchev–Trinajstić information content (AvgIpc) is 3.33. The molecular weight excluding hydrogens is 398 g/mol. The first kappa shape index (κ1) is 21.0. The Labute approximate surface area is 180 Å². The van der Waals surface area contributed by atoms with Crippen molar-refractivity contribution in [2.24, 2.45) is 0 Å². The van der Waals surface area contributed by atoms with Gasteiger partial charge in [0.1, 0.15) is 11.6 Å². The molecule has 1 saturated heterocycles. The van der Waals surface area contributed by atoms with E-state index in [1.54, 1.807) is 10.7 Å². The van der Waals surface area contributed by atoms with Gasteiger partial charge in [0.25, 0.3) is 0 Å². The third-order valence-electron chi connectivity index (χ3n) is 4.96. The first-order valence-corrected chi connectivity index (χ1v) is 10.3. The van der Waals surface area contributed by atoms with E-state index in [1.165, 1.54) is 0 Å². The lowest BCUT2D eigenvalue weighted by Gasteiger charge is -2.26. The summed E-state index contributed by atoms with van der Waals surface area (Å²) in [6.07, 6.45) is 0. The first-order valence-electron chi connectivity index (χ1n) is 10.3. The Morgan fingerprint density at radius 2 is 1.94 bits per heavy atom. The zero-order chi connectivity index (χ0) is 21.8. The second-order valence-corrected chi connectivity index (χ2v) is 7.52. The predicted octanol–water partition coefficient (Wildman–Crippen LogP) is 2.30.